The van der Waals surface area contributed by atoms with Crippen LogP contribution < -0.4 is 20.5 Å². The minimum atomic E-state index is -0.372. The van der Waals surface area contributed by atoms with Gasteiger partial charge < -0.3 is 20.5 Å². The number of nitrogens with one attached hydrogen (secondary N) is 1. The van der Waals surface area contributed by atoms with Crippen molar-refractivity contribution >= 4 is 17.8 Å². The molecule has 9 heteroatoms. The zero-order valence-corrected chi connectivity index (χ0v) is 20.5. The summed E-state index contributed by atoms with van der Waals surface area (Å²) in [5.41, 5.74) is 8.27. The largest absolute Gasteiger partial charge is 0.490 e. The molecule has 0 spiro atoms. The Morgan fingerprint density at radius 1 is 1.19 bits per heavy atom. The molecule has 1 aromatic heterocycles. The van der Waals surface area contributed by atoms with Crippen molar-refractivity contribution in [3.63, 3.8) is 0 Å². The first-order valence-electron chi connectivity index (χ1n) is 11.9. The predicted molar refractivity (Wildman–Crippen MR) is 136 cm³/mol. The molecule has 0 aliphatic rings. The van der Waals surface area contributed by atoms with Crippen LogP contribution in [0.3, 0.4) is 0 Å². The third-order valence-electron chi connectivity index (χ3n) is 5.22. The van der Waals surface area contributed by atoms with Crippen molar-refractivity contribution in [1.82, 2.24) is 15.1 Å². The van der Waals surface area contributed by atoms with Gasteiger partial charge in [0.05, 0.1) is 24.6 Å². The fourth-order valence-electron chi connectivity index (χ4n) is 3.48. The van der Waals surface area contributed by atoms with Crippen LogP contribution in [0.1, 0.15) is 43.5 Å². The van der Waals surface area contributed by atoms with E-state index in [1.807, 2.05) is 32.0 Å². The molecule has 3 rings (SSSR count). The molecule has 0 saturated heterocycles. The lowest BCUT2D eigenvalue weighted by molar-refractivity contribution is -0.116. The van der Waals surface area contributed by atoms with E-state index in [1.54, 1.807) is 18.2 Å². The molecular formula is C27H30FN5O3. The van der Waals surface area contributed by atoms with Gasteiger partial charge >= 0.3 is 0 Å². The van der Waals surface area contributed by atoms with Crippen molar-refractivity contribution in [2.24, 2.45) is 0 Å². The second-order valence-corrected chi connectivity index (χ2v) is 7.92. The highest BCUT2D eigenvalue weighted by atomic mass is 19.1. The standard InChI is InChI=1S/C27H30FN5O3/c1-3-16-36-24-13-7-19(17-25(24)35-4-2)8-14-26(34)31-15-5-6-23-22(18-29)27(30)33(32-23)21-11-9-20(28)10-12-21/h7-14,17H,3-6,15-16,30H2,1-2H3,(H,31,34)/b14-8+. The highest BCUT2D eigenvalue weighted by molar-refractivity contribution is 5.91. The van der Waals surface area contributed by atoms with E-state index in [2.05, 4.69) is 16.5 Å². The summed E-state index contributed by atoms with van der Waals surface area (Å²) in [4.78, 5) is 12.3. The molecule has 3 aromatic rings. The minimum absolute atomic E-state index is 0.198. The summed E-state index contributed by atoms with van der Waals surface area (Å²) in [6.07, 6.45) is 5.07. The van der Waals surface area contributed by atoms with E-state index in [9.17, 15) is 14.4 Å². The Hall–Kier alpha value is -4.32. The third-order valence-corrected chi connectivity index (χ3v) is 5.22. The number of carbonyl (C=O) groups excluding carboxylic acids is 1. The molecule has 0 bridgehead atoms. The number of carbonyl (C=O) groups is 1. The van der Waals surface area contributed by atoms with Crippen LogP contribution in [0.15, 0.2) is 48.5 Å². The molecule has 0 saturated carbocycles. The number of halogens is 1. The number of benzene rings is 2. The topological polar surface area (TPSA) is 115 Å². The first kappa shape index (κ1) is 26.3. The summed E-state index contributed by atoms with van der Waals surface area (Å²) in [6, 6.07) is 13.3. The molecule has 188 valence electrons. The summed E-state index contributed by atoms with van der Waals surface area (Å²) >= 11 is 0. The molecule has 1 heterocycles. The van der Waals surface area contributed by atoms with Gasteiger partial charge in [0.25, 0.3) is 0 Å². The van der Waals surface area contributed by atoms with Gasteiger partial charge in [-0.25, -0.2) is 9.07 Å². The monoisotopic (exact) mass is 491 g/mol. The molecule has 0 fully saturated rings. The predicted octanol–water partition coefficient (Wildman–Crippen LogP) is 4.41. The van der Waals surface area contributed by atoms with E-state index in [4.69, 9.17) is 15.2 Å². The van der Waals surface area contributed by atoms with Crippen LogP contribution in [0, 0.1) is 17.1 Å². The maximum absolute atomic E-state index is 13.2. The number of hydrogen-bond acceptors (Lipinski definition) is 6. The Balaban J connectivity index is 1.55. The summed E-state index contributed by atoms with van der Waals surface area (Å²) < 4.78 is 26.0. The van der Waals surface area contributed by atoms with Crippen molar-refractivity contribution in [1.29, 1.82) is 5.26 Å². The van der Waals surface area contributed by atoms with Gasteiger partial charge in [-0.1, -0.05) is 13.0 Å². The zero-order valence-electron chi connectivity index (χ0n) is 20.5. The molecule has 0 radical (unpaired) electrons. The number of nitriles is 1. The van der Waals surface area contributed by atoms with E-state index in [0.717, 1.165) is 12.0 Å². The lowest BCUT2D eigenvalue weighted by atomic mass is 10.1. The van der Waals surface area contributed by atoms with E-state index in [-0.39, 0.29) is 23.1 Å². The van der Waals surface area contributed by atoms with Crippen LogP contribution >= 0.6 is 0 Å². The number of amides is 1. The molecule has 0 aliphatic heterocycles. The van der Waals surface area contributed by atoms with E-state index >= 15 is 0 Å². The summed E-state index contributed by atoms with van der Waals surface area (Å²) in [6.45, 7) is 5.45. The fraction of sp³-hybridized carbons (Fsp3) is 0.296. The molecule has 1 amide bonds. The molecule has 0 aliphatic carbocycles. The van der Waals surface area contributed by atoms with Crippen LogP contribution in [0.4, 0.5) is 10.2 Å². The highest BCUT2D eigenvalue weighted by Gasteiger charge is 2.16. The smallest absolute Gasteiger partial charge is 0.243 e. The van der Waals surface area contributed by atoms with Gasteiger partial charge in [-0.05, 0) is 74.2 Å². The number of nitrogens with two attached hydrogens (primary N) is 1. The Morgan fingerprint density at radius 2 is 1.97 bits per heavy atom. The lowest BCUT2D eigenvalue weighted by Crippen LogP contribution is -2.22. The van der Waals surface area contributed by atoms with Crippen LogP contribution in [-0.4, -0.2) is 35.4 Å². The molecule has 3 N–H and O–H groups in total. The van der Waals surface area contributed by atoms with Gasteiger partial charge in [0.15, 0.2) is 11.5 Å². The normalized spacial score (nSPS) is 10.8. The van der Waals surface area contributed by atoms with E-state index < -0.39 is 0 Å². The minimum Gasteiger partial charge on any atom is -0.490 e. The Kier molecular flexibility index (Phi) is 9.46. The number of nitrogen functional groups attached to an aromatic ring is 1. The van der Waals surface area contributed by atoms with Crippen molar-refractivity contribution in [2.45, 2.75) is 33.1 Å². The summed E-state index contributed by atoms with van der Waals surface area (Å²) in [5, 5.41) is 16.7. The quantitative estimate of drug-likeness (QED) is 0.286. The number of nitrogens with zero attached hydrogens (tertiary/aromatic N) is 3. The van der Waals surface area contributed by atoms with Crippen LogP contribution in [0.5, 0.6) is 11.5 Å². The van der Waals surface area contributed by atoms with Crippen molar-refractivity contribution < 1.29 is 18.7 Å². The van der Waals surface area contributed by atoms with Crippen molar-refractivity contribution in [3.05, 3.63) is 71.2 Å². The summed E-state index contributed by atoms with van der Waals surface area (Å²) in [5.74, 6) is 0.906. The maximum Gasteiger partial charge on any atom is 0.243 e. The molecule has 0 unspecified atom stereocenters. The van der Waals surface area contributed by atoms with Crippen molar-refractivity contribution in [2.75, 3.05) is 25.5 Å². The molecule has 2 aromatic carbocycles. The van der Waals surface area contributed by atoms with E-state index in [0.29, 0.717) is 55.5 Å². The Labute approximate surface area is 210 Å². The molecule has 8 nitrogen and oxygen atoms in total. The third kappa shape index (κ3) is 6.85. The van der Waals surface area contributed by atoms with Gasteiger partial charge in [-0.3, -0.25) is 4.79 Å². The fourth-order valence-corrected chi connectivity index (χ4v) is 3.48. The number of hydrogen-bond donors (Lipinski definition) is 2. The lowest BCUT2D eigenvalue weighted by Gasteiger charge is -2.12. The number of aryl methyl sites for hydroxylation is 1. The Bertz CT molecular complexity index is 1250. The van der Waals surface area contributed by atoms with Crippen LogP contribution in [0.25, 0.3) is 11.8 Å². The highest BCUT2D eigenvalue weighted by Crippen LogP contribution is 2.29. The SMILES string of the molecule is CCCOc1ccc(/C=C/C(=O)NCCCc2nn(-c3ccc(F)cc3)c(N)c2C#N)cc1OCC. The van der Waals surface area contributed by atoms with Gasteiger partial charge in [0, 0.05) is 12.6 Å². The average Bonchev–Trinajstić information content (AvgIpc) is 3.20. The van der Waals surface area contributed by atoms with Gasteiger partial charge in [-0.2, -0.15) is 10.4 Å². The second-order valence-electron chi connectivity index (χ2n) is 7.92. The van der Waals surface area contributed by atoms with Crippen LogP contribution in [-0.2, 0) is 11.2 Å². The number of rotatable bonds is 12. The first-order chi connectivity index (χ1) is 17.5. The van der Waals surface area contributed by atoms with Crippen LogP contribution in [0.2, 0.25) is 0 Å². The molecule has 36 heavy (non-hydrogen) atoms. The molecule has 0 atom stereocenters. The second kappa shape index (κ2) is 13.0. The van der Waals surface area contributed by atoms with E-state index in [1.165, 1.54) is 22.9 Å². The number of aromatic nitrogens is 2. The van der Waals surface area contributed by atoms with Gasteiger partial charge in [0.1, 0.15) is 23.3 Å². The molecular weight excluding hydrogens is 461 g/mol. The zero-order chi connectivity index (χ0) is 25.9. The summed E-state index contributed by atoms with van der Waals surface area (Å²) in [7, 11) is 0. The van der Waals surface area contributed by atoms with Gasteiger partial charge in [-0.15, -0.1) is 0 Å². The number of anilines is 1. The maximum atomic E-state index is 13.2. The van der Waals surface area contributed by atoms with Crippen molar-refractivity contribution in [3.8, 4) is 23.3 Å². The number of ether oxygens (including phenoxy) is 2. The van der Waals surface area contributed by atoms with Gasteiger partial charge in [0.2, 0.25) is 5.91 Å². The first-order valence-corrected chi connectivity index (χ1v) is 11.9. The average molecular weight is 492 g/mol. The Morgan fingerprint density at radius 3 is 2.67 bits per heavy atom.